The maximum atomic E-state index is 10.7. The molecule has 1 saturated heterocycles. The van der Waals surface area contributed by atoms with Crippen molar-refractivity contribution >= 4 is 5.91 Å². The average Bonchev–Trinajstić information content (AvgIpc) is 1.85. The number of hydrogen-bond acceptors (Lipinski definition) is 2. The van der Waals surface area contributed by atoms with Gasteiger partial charge in [0.05, 0.1) is 6.54 Å². The number of nitrogens with two attached hydrogens (primary N) is 1. The summed E-state index contributed by atoms with van der Waals surface area (Å²) in [6, 6.07) is 0. The number of amides is 1. The third-order valence-corrected chi connectivity index (χ3v) is 3.38. The summed E-state index contributed by atoms with van der Waals surface area (Å²) in [5.41, 5.74) is 5.53. The number of carbonyl (C=O) groups excluding carboxylic acids is 1. The second-order valence-corrected chi connectivity index (χ2v) is 4.77. The Bertz CT molecular complexity index is 209. The summed E-state index contributed by atoms with van der Waals surface area (Å²) in [5.74, 6) is -0.237. The second kappa shape index (κ2) is 2.46. The molecule has 2 N–H and O–H groups in total. The first-order chi connectivity index (χ1) is 5.27. The van der Waals surface area contributed by atoms with Gasteiger partial charge in [0.1, 0.15) is 0 Å². The number of hydrogen-bond donors (Lipinski definition) is 1. The van der Waals surface area contributed by atoms with Crippen molar-refractivity contribution in [3.63, 3.8) is 0 Å². The van der Waals surface area contributed by atoms with Gasteiger partial charge in [-0.05, 0) is 19.3 Å². The molecule has 1 heterocycles. The number of rotatable bonds is 2. The minimum absolute atomic E-state index is 0.0992. The van der Waals surface area contributed by atoms with Gasteiger partial charge < -0.3 is 5.73 Å². The van der Waals surface area contributed by atoms with Crippen molar-refractivity contribution in [2.75, 3.05) is 13.1 Å². The normalized spacial score (nSPS) is 26.3. The molecule has 12 heavy (non-hydrogen) atoms. The Hall–Kier alpha value is -0.570. The highest BCUT2D eigenvalue weighted by atomic mass is 16.1. The Balaban J connectivity index is 2.60. The number of carbonyl (C=O) groups is 1. The van der Waals surface area contributed by atoms with Crippen molar-refractivity contribution in [1.82, 2.24) is 4.90 Å². The Morgan fingerprint density at radius 3 is 2.17 bits per heavy atom. The highest BCUT2D eigenvalue weighted by molar-refractivity contribution is 5.76. The van der Waals surface area contributed by atoms with E-state index in [1.165, 1.54) is 0 Å². The number of nitrogens with zero attached hydrogens (tertiary/aromatic N) is 1. The first kappa shape index (κ1) is 9.52. The molecule has 0 radical (unpaired) electrons. The van der Waals surface area contributed by atoms with E-state index >= 15 is 0 Å². The molecule has 1 amide bonds. The zero-order valence-corrected chi connectivity index (χ0v) is 8.35. The maximum Gasteiger partial charge on any atom is 0.231 e. The standard InChI is InChI=1S/C9H18N2O/c1-8(2)6-11(5-7(10)12)9(8,3)4/h5-6H2,1-4H3,(H2,10,12). The van der Waals surface area contributed by atoms with Crippen molar-refractivity contribution in [2.24, 2.45) is 11.1 Å². The molecule has 0 aliphatic carbocycles. The van der Waals surface area contributed by atoms with Crippen LogP contribution in [0, 0.1) is 5.41 Å². The summed E-state index contributed by atoms with van der Waals surface area (Å²) >= 11 is 0. The molecule has 0 aromatic carbocycles. The maximum absolute atomic E-state index is 10.7. The molecule has 1 rings (SSSR count). The molecule has 0 atom stereocenters. The Morgan fingerprint density at radius 1 is 1.42 bits per heavy atom. The average molecular weight is 170 g/mol. The van der Waals surface area contributed by atoms with Gasteiger partial charge in [-0.25, -0.2) is 0 Å². The van der Waals surface area contributed by atoms with Gasteiger partial charge in [-0.15, -0.1) is 0 Å². The Labute approximate surface area is 73.9 Å². The van der Waals surface area contributed by atoms with Crippen LogP contribution in [-0.4, -0.2) is 29.4 Å². The first-order valence-electron chi connectivity index (χ1n) is 4.31. The smallest absolute Gasteiger partial charge is 0.231 e. The van der Waals surface area contributed by atoms with E-state index in [2.05, 4.69) is 32.6 Å². The number of likely N-dealkylation sites (tertiary alicyclic amines) is 1. The van der Waals surface area contributed by atoms with E-state index in [1.54, 1.807) is 0 Å². The van der Waals surface area contributed by atoms with E-state index in [9.17, 15) is 4.79 Å². The van der Waals surface area contributed by atoms with Crippen LogP contribution in [0.3, 0.4) is 0 Å². The molecular formula is C9H18N2O. The Morgan fingerprint density at radius 2 is 1.92 bits per heavy atom. The van der Waals surface area contributed by atoms with Gasteiger partial charge in [0, 0.05) is 12.1 Å². The van der Waals surface area contributed by atoms with Gasteiger partial charge in [-0.3, -0.25) is 9.69 Å². The molecule has 3 heteroatoms. The fraction of sp³-hybridized carbons (Fsp3) is 0.889. The molecule has 3 nitrogen and oxygen atoms in total. The number of primary amides is 1. The van der Waals surface area contributed by atoms with Gasteiger partial charge in [-0.2, -0.15) is 0 Å². The predicted octanol–water partition coefficient (Wildman–Crippen LogP) is 0.592. The van der Waals surface area contributed by atoms with Crippen LogP contribution in [0.2, 0.25) is 0 Å². The van der Waals surface area contributed by atoms with E-state index in [0.717, 1.165) is 6.54 Å². The summed E-state index contributed by atoms with van der Waals surface area (Å²) in [4.78, 5) is 12.8. The largest absolute Gasteiger partial charge is 0.369 e. The lowest BCUT2D eigenvalue weighted by Crippen LogP contribution is -2.70. The summed E-state index contributed by atoms with van der Waals surface area (Å²) < 4.78 is 0. The van der Waals surface area contributed by atoms with E-state index in [1.807, 2.05) is 0 Å². The summed E-state index contributed by atoms with van der Waals surface area (Å²) in [6.45, 7) is 10.1. The van der Waals surface area contributed by atoms with Crippen molar-refractivity contribution < 1.29 is 4.79 Å². The van der Waals surface area contributed by atoms with Crippen LogP contribution in [0.5, 0.6) is 0 Å². The van der Waals surface area contributed by atoms with Crippen LogP contribution in [0.15, 0.2) is 0 Å². The molecule has 0 saturated carbocycles. The van der Waals surface area contributed by atoms with Gasteiger partial charge in [0.15, 0.2) is 0 Å². The van der Waals surface area contributed by atoms with Crippen LogP contribution in [0.4, 0.5) is 0 Å². The van der Waals surface area contributed by atoms with Gasteiger partial charge in [-0.1, -0.05) is 13.8 Å². The fourth-order valence-corrected chi connectivity index (χ4v) is 1.65. The molecule has 0 aromatic heterocycles. The van der Waals surface area contributed by atoms with Crippen LogP contribution in [0.25, 0.3) is 0 Å². The third kappa shape index (κ3) is 1.22. The quantitative estimate of drug-likeness (QED) is 0.659. The molecule has 1 aliphatic rings. The SMILES string of the molecule is CC1(C)CN(CC(N)=O)C1(C)C. The monoisotopic (exact) mass is 170 g/mol. The summed E-state index contributed by atoms with van der Waals surface area (Å²) in [5, 5.41) is 0. The van der Waals surface area contributed by atoms with Crippen molar-refractivity contribution in [2.45, 2.75) is 33.2 Å². The summed E-state index contributed by atoms with van der Waals surface area (Å²) in [7, 11) is 0. The van der Waals surface area contributed by atoms with Crippen molar-refractivity contribution in [1.29, 1.82) is 0 Å². The highest BCUT2D eigenvalue weighted by Gasteiger charge is 2.52. The highest BCUT2D eigenvalue weighted by Crippen LogP contribution is 2.45. The van der Waals surface area contributed by atoms with Crippen LogP contribution in [0.1, 0.15) is 27.7 Å². The first-order valence-corrected chi connectivity index (χ1v) is 4.31. The zero-order chi connectivity index (χ0) is 9.57. The lowest BCUT2D eigenvalue weighted by molar-refractivity contribution is -0.140. The molecule has 0 spiro atoms. The minimum atomic E-state index is -0.237. The molecule has 0 bridgehead atoms. The van der Waals surface area contributed by atoms with Crippen molar-refractivity contribution in [3.8, 4) is 0 Å². The fourth-order valence-electron chi connectivity index (χ4n) is 1.65. The summed E-state index contributed by atoms with van der Waals surface area (Å²) in [6.07, 6.45) is 0. The van der Waals surface area contributed by atoms with Gasteiger partial charge >= 0.3 is 0 Å². The van der Waals surface area contributed by atoms with E-state index in [4.69, 9.17) is 5.73 Å². The molecular weight excluding hydrogens is 152 g/mol. The molecule has 0 unspecified atom stereocenters. The minimum Gasteiger partial charge on any atom is -0.369 e. The molecule has 0 aromatic rings. The molecule has 70 valence electrons. The lowest BCUT2D eigenvalue weighted by Gasteiger charge is -2.61. The lowest BCUT2D eigenvalue weighted by atomic mass is 9.65. The van der Waals surface area contributed by atoms with Crippen molar-refractivity contribution in [3.05, 3.63) is 0 Å². The zero-order valence-electron chi connectivity index (χ0n) is 8.35. The van der Waals surface area contributed by atoms with E-state index in [0.29, 0.717) is 12.0 Å². The van der Waals surface area contributed by atoms with Crippen LogP contribution >= 0.6 is 0 Å². The van der Waals surface area contributed by atoms with E-state index in [-0.39, 0.29) is 11.4 Å². The van der Waals surface area contributed by atoms with Crippen LogP contribution in [-0.2, 0) is 4.79 Å². The topological polar surface area (TPSA) is 46.3 Å². The van der Waals surface area contributed by atoms with Gasteiger partial charge in [0.25, 0.3) is 0 Å². The second-order valence-electron chi connectivity index (χ2n) is 4.77. The Kier molecular flexibility index (Phi) is 1.95. The molecule has 1 aliphatic heterocycles. The molecule has 1 fully saturated rings. The van der Waals surface area contributed by atoms with E-state index < -0.39 is 0 Å². The third-order valence-electron chi connectivity index (χ3n) is 3.38. The predicted molar refractivity (Wildman–Crippen MR) is 48.6 cm³/mol. The van der Waals surface area contributed by atoms with Crippen LogP contribution < -0.4 is 5.73 Å². The van der Waals surface area contributed by atoms with Gasteiger partial charge in [0.2, 0.25) is 5.91 Å².